The highest BCUT2D eigenvalue weighted by Gasteiger charge is 2.25. The third kappa shape index (κ3) is 3.28. The molecule has 0 saturated carbocycles. The Balaban J connectivity index is 2.33. The van der Waals surface area contributed by atoms with Crippen molar-refractivity contribution >= 4 is 0 Å². The third-order valence-electron chi connectivity index (χ3n) is 3.18. The Morgan fingerprint density at radius 1 is 1.38 bits per heavy atom. The molecule has 2 nitrogen and oxygen atoms in total. The number of hydrogen-bond donors (Lipinski definition) is 1. The van der Waals surface area contributed by atoms with Gasteiger partial charge in [0, 0.05) is 18.6 Å². The largest absolute Gasteiger partial charge is 0.310 e. The molecule has 1 saturated heterocycles. The smallest absolute Gasteiger partial charge is 0.0209 e. The first-order valence-electron chi connectivity index (χ1n) is 5.34. The minimum atomic E-state index is 0.376. The zero-order chi connectivity index (χ0) is 10.1. The molecule has 1 N–H and O–H groups in total. The summed E-state index contributed by atoms with van der Waals surface area (Å²) >= 11 is 0. The number of likely N-dealkylation sites (tertiary alicyclic amines) is 1. The topological polar surface area (TPSA) is 15.3 Å². The molecule has 13 heavy (non-hydrogen) atoms. The Morgan fingerprint density at radius 2 is 2.00 bits per heavy atom. The van der Waals surface area contributed by atoms with Crippen LogP contribution in [0, 0.1) is 5.41 Å². The molecule has 0 bridgehead atoms. The number of rotatable bonds is 2. The van der Waals surface area contributed by atoms with E-state index in [1.54, 1.807) is 0 Å². The lowest BCUT2D eigenvalue weighted by Crippen LogP contribution is -2.44. The fourth-order valence-electron chi connectivity index (χ4n) is 1.67. The summed E-state index contributed by atoms with van der Waals surface area (Å²) in [6.45, 7) is 11.6. The van der Waals surface area contributed by atoms with E-state index < -0.39 is 0 Å². The van der Waals surface area contributed by atoms with E-state index >= 15 is 0 Å². The van der Waals surface area contributed by atoms with Crippen molar-refractivity contribution in [3.63, 3.8) is 0 Å². The van der Waals surface area contributed by atoms with Gasteiger partial charge in [-0.05, 0) is 32.4 Å². The van der Waals surface area contributed by atoms with Gasteiger partial charge in [0.1, 0.15) is 0 Å². The number of hydrogen-bond acceptors (Lipinski definition) is 2. The van der Waals surface area contributed by atoms with Crippen LogP contribution in [0.2, 0.25) is 0 Å². The molecule has 2 atom stereocenters. The molecule has 0 aromatic heterocycles. The molecule has 1 heterocycles. The first-order valence-corrected chi connectivity index (χ1v) is 5.34. The Hall–Kier alpha value is -0.0800. The van der Waals surface area contributed by atoms with Crippen molar-refractivity contribution in [2.45, 2.75) is 46.2 Å². The Kier molecular flexibility index (Phi) is 3.36. The van der Waals surface area contributed by atoms with E-state index in [2.05, 4.69) is 45.0 Å². The van der Waals surface area contributed by atoms with E-state index in [0.29, 0.717) is 17.5 Å². The van der Waals surface area contributed by atoms with Crippen LogP contribution in [0.4, 0.5) is 0 Å². The summed E-state index contributed by atoms with van der Waals surface area (Å²) in [4.78, 5) is 2.40. The van der Waals surface area contributed by atoms with Crippen LogP contribution in [0.1, 0.15) is 34.1 Å². The highest BCUT2D eigenvalue weighted by Crippen LogP contribution is 2.20. The summed E-state index contributed by atoms with van der Waals surface area (Å²) in [5.74, 6) is 0. The SMILES string of the molecule is C[C@@H](N[C@@H]1CCN(C)C1)C(C)(C)C. The second kappa shape index (κ2) is 3.97. The zero-order valence-corrected chi connectivity index (χ0v) is 9.72. The predicted octanol–water partition coefficient (Wildman–Crippen LogP) is 1.71. The van der Waals surface area contributed by atoms with Gasteiger partial charge in [-0.3, -0.25) is 0 Å². The van der Waals surface area contributed by atoms with E-state index in [1.807, 2.05) is 0 Å². The second-order valence-corrected chi connectivity index (χ2v) is 5.50. The van der Waals surface area contributed by atoms with E-state index in [0.717, 1.165) is 0 Å². The number of nitrogens with zero attached hydrogens (tertiary/aromatic N) is 1. The molecule has 1 aliphatic rings. The van der Waals surface area contributed by atoms with Crippen LogP contribution in [0.15, 0.2) is 0 Å². The number of nitrogens with one attached hydrogen (secondary N) is 1. The molecule has 78 valence electrons. The van der Waals surface area contributed by atoms with Crippen LogP contribution in [0.5, 0.6) is 0 Å². The third-order valence-corrected chi connectivity index (χ3v) is 3.18. The fraction of sp³-hybridized carbons (Fsp3) is 1.00. The highest BCUT2D eigenvalue weighted by molar-refractivity contribution is 4.85. The van der Waals surface area contributed by atoms with Gasteiger partial charge in [0.15, 0.2) is 0 Å². The summed E-state index contributed by atoms with van der Waals surface area (Å²) in [5.41, 5.74) is 0.376. The summed E-state index contributed by atoms with van der Waals surface area (Å²) in [5, 5.41) is 3.71. The lowest BCUT2D eigenvalue weighted by atomic mass is 9.87. The van der Waals surface area contributed by atoms with Crippen molar-refractivity contribution in [1.82, 2.24) is 10.2 Å². The normalized spacial score (nSPS) is 27.9. The second-order valence-electron chi connectivity index (χ2n) is 5.50. The molecule has 0 amide bonds. The molecular formula is C11H24N2. The maximum absolute atomic E-state index is 3.71. The summed E-state index contributed by atoms with van der Waals surface area (Å²) in [6.07, 6.45) is 1.30. The minimum Gasteiger partial charge on any atom is -0.310 e. The van der Waals surface area contributed by atoms with Gasteiger partial charge in [0.05, 0.1) is 0 Å². The summed E-state index contributed by atoms with van der Waals surface area (Å²) in [7, 11) is 2.20. The van der Waals surface area contributed by atoms with Crippen LogP contribution >= 0.6 is 0 Å². The van der Waals surface area contributed by atoms with Gasteiger partial charge >= 0.3 is 0 Å². The van der Waals surface area contributed by atoms with Crippen molar-refractivity contribution in [2.75, 3.05) is 20.1 Å². The number of likely N-dealkylation sites (N-methyl/N-ethyl adjacent to an activating group) is 1. The molecule has 0 unspecified atom stereocenters. The zero-order valence-electron chi connectivity index (χ0n) is 9.72. The average molecular weight is 184 g/mol. The molecular weight excluding hydrogens is 160 g/mol. The maximum Gasteiger partial charge on any atom is 0.0209 e. The molecule has 0 spiro atoms. The fourth-order valence-corrected chi connectivity index (χ4v) is 1.67. The van der Waals surface area contributed by atoms with Crippen molar-refractivity contribution < 1.29 is 0 Å². The van der Waals surface area contributed by atoms with Gasteiger partial charge in [-0.15, -0.1) is 0 Å². The minimum absolute atomic E-state index is 0.376. The van der Waals surface area contributed by atoms with Crippen LogP contribution in [0.3, 0.4) is 0 Å². The predicted molar refractivity (Wildman–Crippen MR) is 58.0 cm³/mol. The first kappa shape index (κ1) is 11.0. The van der Waals surface area contributed by atoms with Gasteiger partial charge in [-0.2, -0.15) is 0 Å². The van der Waals surface area contributed by atoms with Gasteiger partial charge in [0.25, 0.3) is 0 Å². The maximum atomic E-state index is 3.71. The van der Waals surface area contributed by atoms with Crippen molar-refractivity contribution in [2.24, 2.45) is 5.41 Å². The Morgan fingerprint density at radius 3 is 2.38 bits per heavy atom. The highest BCUT2D eigenvalue weighted by atomic mass is 15.2. The quantitative estimate of drug-likeness (QED) is 0.703. The van der Waals surface area contributed by atoms with Gasteiger partial charge in [0.2, 0.25) is 0 Å². The van der Waals surface area contributed by atoms with Crippen LogP contribution in [-0.2, 0) is 0 Å². The van der Waals surface area contributed by atoms with E-state index in [4.69, 9.17) is 0 Å². The molecule has 1 aliphatic heterocycles. The van der Waals surface area contributed by atoms with Gasteiger partial charge < -0.3 is 10.2 Å². The van der Waals surface area contributed by atoms with Crippen LogP contribution in [0.25, 0.3) is 0 Å². The Labute approximate surface area is 82.7 Å². The van der Waals surface area contributed by atoms with Crippen molar-refractivity contribution in [3.8, 4) is 0 Å². The van der Waals surface area contributed by atoms with E-state index in [9.17, 15) is 0 Å². The summed E-state index contributed by atoms with van der Waals surface area (Å²) in [6, 6.07) is 1.31. The van der Waals surface area contributed by atoms with Crippen LogP contribution in [-0.4, -0.2) is 37.1 Å². The lowest BCUT2D eigenvalue weighted by Gasteiger charge is -2.31. The molecule has 1 fully saturated rings. The van der Waals surface area contributed by atoms with Crippen LogP contribution < -0.4 is 5.32 Å². The molecule has 2 heteroatoms. The molecule has 0 radical (unpaired) electrons. The molecule has 0 aliphatic carbocycles. The Bertz CT molecular complexity index is 160. The monoisotopic (exact) mass is 184 g/mol. The van der Waals surface area contributed by atoms with E-state index in [-0.39, 0.29) is 0 Å². The summed E-state index contributed by atoms with van der Waals surface area (Å²) < 4.78 is 0. The van der Waals surface area contributed by atoms with Gasteiger partial charge in [-0.1, -0.05) is 20.8 Å². The first-order chi connectivity index (χ1) is 5.89. The average Bonchev–Trinajstić information content (AvgIpc) is 2.33. The van der Waals surface area contributed by atoms with Gasteiger partial charge in [-0.25, -0.2) is 0 Å². The lowest BCUT2D eigenvalue weighted by molar-refractivity contribution is 0.261. The standard InChI is InChI=1S/C11H24N2/c1-9(11(2,3)4)12-10-6-7-13(5)8-10/h9-10,12H,6-8H2,1-5H3/t9-,10-/m1/s1. The molecule has 0 aromatic carbocycles. The van der Waals surface area contributed by atoms with Crippen molar-refractivity contribution in [1.29, 1.82) is 0 Å². The van der Waals surface area contributed by atoms with Crippen molar-refractivity contribution in [3.05, 3.63) is 0 Å². The molecule has 0 aromatic rings. The van der Waals surface area contributed by atoms with E-state index in [1.165, 1.54) is 19.5 Å². The molecule has 1 rings (SSSR count).